The van der Waals surface area contributed by atoms with Crippen molar-refractivity contribution in [1.29, 1.82) is 0 Å². The van der Waals surface area contributed by atoms with E-state index in [0.29, 0.717) is 5.91 Å². The number of alkyl halides is 1. The van der Waals surface area contributed by atoms with Gasteiger partial charge in [-0.2, -0.15) is 0 Å². The van der Waals surface area contributed by atoms with Crippen molar-refractivity contribution in [3.05, 3.63) is 0 Å². The summed E-state index contributed by atoms with van der Waals surface area (Å²) in [6, 6.07) is 0. The molecule has 156 valence electrons. The molecule has 0 saturated heterocycles. The number of halogens is 1. The molecule has 0 aliphatic heterocycles. The van der Waals surface area contributed by atoms with Crippen LogP contribution in [0.3, 0.4) is 0 Å². The zero-order valence-electron chi connectivity index (χ0n) is 17.5. The Hall–Kier alpha value is 0.200. The molecule has 2 nitrogen and oxygen atoms in total. The number of nitrogens with one attached hydrogen (secondary N) is 1. The van der Waals surface area contributed by atoms with Crippen molar-refractivity contribution >= 4 is 5.91 Å². The number of carbonyl (C=O) groups is 1. The van der Waals surface area contributed by atoms with Gasteiger partial charge in [-0.15, -0.1) is 0 Å². The Balaban J connectivity index is 1.78. The van der Waals surface area contributed by atoms with Gasteiger partial charge in [0.05, 0.1) is 0 Å². The first-order valence-corrected chi connectivity index (χ1v) is 14.1. The summed E-state index contributed by atoms with van der Waals surface area (Å²) in [5.41, 5.74) is 0. The van der Waals surface area contributed by atoms with Crippen LogP contribution < -0.4 is 25.0 Å². The third-order valence-electron chi connectivity index (χ3n) is 5.61. The van der Waals surface area contributed by atoms with Crippen LogP contribution in [-0.4, -0.2) is 9.83 Å². The Labute approximate surface area is 174 Å². The van der Waals surface area contributed by atoms with E-state index in [1.54, 1.807) is 0 Å². The van der Waals surface area contributed by atoms with E-state index in [1.165, 1.54) is 116 Å². The molecule has 1 saturated carbocycles. The summed E-state index contributed by atoms with van der Waals surface area (Å²) >= 11 is -0.0976. The molecule has 0 aromatic carbocycles. The quantitative estimate of drug-likeness (QED) is 0.116. The van der Waals surface area contributed by atoms with E-state index in [2.05, 4.69) is 10.5 Å². The third kappa shape index (κ3) is 15.3. The molecule has 26 heavy (non-hydrogen) atoms. The second kappa shape index (κ2) is 18.6. The fourth-order valence-electron chi connectivity index (χ4n) is 3.83. The second-order valence-corrected chi connectivity index (χ2v) is 11.1. The summed E-state index contributed by atoms with van der Waals surface area (Å²) in [4.78, 5) is 12.0. The first-order valence-electron chi connectivity index (χ1n) is 11.7. The van der Waals surface area contributed by atoms with E-state index in [4.69, 9.17) is 0 Å². The molecular formula is C23H45INO-. The fraction of sp³-hybridized carbons (Fsp3) is 0.957. The van der Waals surface area contributed by atoms with Crippen LogP contribution in [0.15, 0.2) is 0 Å². The number of hydrogen-bond donors (Lipinski definition) is 1. The predicted octanol–water partition coefficient (Wildman–Crippen LogP) is 4.31. The van der Waals surface area contributed by atoms with E-state index < -0.39 is 0 Å². The molecule has 0 unspecified atom stereocenters. The molecule has 1 fully saturated rings. The van der Waals surface area contributed by atoms with Crippen molar-refractivity contribution in [2.45, 2.75) is 139 Å². The van der Waals surface area contributed by atoms with Crippen LogP contribution in [0, 0.1) is 0 Å². The van der Waals surface area contributed by atoms with Crippen molar-refractivity contribution in [3.8, 4) is 0 Å². The molecule has 0 bridgehead atoms. The van der Waals surface area contributed by atoms with Gasteiger partial charge in [-0.25, -0.2) is 0 Å². The van der Waals surface area contributed by atoms with Crippen LogP contribution in [0.5, 0.6) is 0 Å². The Morgan fingerprint density at radius 1 is 0.731 bits per heavy atom. The molecule has 1 amide bonds. The van der Waals surface area contributed by atoms with Gasteiger partial charge in [0, 0.05) is 0 Å². The van der Waals surface area contributed by atoms with Crippen molar-refractivity contribution in [1.82, 2.24) is 3.53 Å². The van der Waals surface area contributed by atoms with Crippen molar-refractivity contribution < 1.29 is 26.3 Å². The van der Waals surface area contributed by atoms with Gasteiger partial charge in [0.1, 0.15) is 0 Å². The Morgan fingerprint density at radius 2 is 1.19 bits per heavy atom. The summed E-state index contributed by atoms with van der Waals surface area (Å²) in [7, 11) is 0. The topological polar surface area (TPSA) is 29.1 Å². The van der Waals surface area contributed by atoms with E-state index in [-0.39, 0.29) is 21.5 Å². The monoisotopic (exact) mass is 478 g/mol. The van der Waals surface area contributed by atoms with Gasteiger partial charge in [-0.3, -0.25) is 0 Å². The molecule has 0 spiro atoms. The van der Waals surface area contributed by atoms with Crippen LogP contribution in [0.25, 0.3) is 0 Å². The van der Waals surface area contributed by atoms with Gasteiger partial charge in [0.15, 0.2) is 0 Å². The molecule has 1 rings (SSSR count). The summed E-state index contributed by atoms with van der Waals surface area (Å²) in [6.45, 7) is 2.28. The number of amides is 1. The van der Waals surface area contributed by atoms with Gasteiger partial charge in [0.25, 0.3) is 0 Å². The average molecular weight is 479 g/mol. The summed E-state index contributed by atoms with van der Waals surface area (Å²) < 4.78 is 4.15. The van der Waals surface area contributed by atoms with Crippen LogP contribution in [0.2, 0.25) is 0 Å². The maximum absolute atomic E-state index is 12.0. The van der Waals surface area contributed by atoms with Crippen molar-refractivity contribution in [2.75, 3.05) is 0 Å². The Kier molecular flexibility index (Phi) is 17.3. The standard InChI is InChI=1S/C23H45INO/c1-2-3-4-5-6-7-8-9-10-11-12-13-18-21-23(26)25-24-22-19-16-14-15-17-20-22/h22H,2-21H2,1H3,(H,25,26)/q-1. The van der Waals surface area contributed by atoms with Crippen LogP contribution >= 0.6 is 0 Å². The summed E-state index contributed by atoms with van der Waals surface area (Å²) in [5, 5.41) is 0. The molecular weight excluding hydrogens is 433 g/mol. The van der Waals surface area contributed by atoms with Gasteiger partial charge in [-0.05, 0) is 0 Å². The zero-order valence-corrected chi connectivity index (χ0v) is 19.7. The molecule has 0 radical (unpaired) electrons. The van der Waals surface area contributed by atoms with Gasteiger partial charge < -0.3 is 0 Å². The minimum absolute atomic E-state index is 0.0976. The van der Waals surface area contributed by atoms with Crippen LogP contribution in [-0.2, 0) is 4.79 Å². The molecule has 0 aromatic rings. The van der Waals surface area contributed by atoms with Crippen molar-refractivity contribution in [2.24, 2.45) is 0 Å². The predicted molar refractivity (Wildman–Crippen MR) is 110 cm³/mol. The molecule has 1 aliphatic rings. The molecule has 1 aliphatic carbocycles. The number of carbonyl (C=O) groups excluding carboxylic acids is 1. The van der Waals surface area contributed by atoms with E-state index >= 15 is 0 Å². The first kappa shape index (κ1) is 24.2. The number of rotatable bonds is 16. The first-order chi connectivity index (χ1) is 12.8. The van der Waals surface area contributed by atoms with Crippen molar-refractivity contribution in [3.63, 3.8) is 0 Å². The molecule has 3 heteroatoms. The van der Waals surface area contributed by atoms with Crippen LogP contribution in [0.4, 0.5) is 0 Å². The molecule has 0 aromatic heterocycles. The number of hydrogen-bond acceptors (Lipinski definition) is 1. The number of unbranched alkanes of at least 4 members (excludes halogenated alkanes) is 12. The van der Waals surface area contributed by atoms with E-state index in [1.807, 2.05) is 0 Å². The second-order valence-electron chi connectivity index (χ2n) is 8.21. The Morgan fingerprint density at radius 3 is 1.69 bits per heavy atom. The minimum atomic E-state index is -0.0976. The van der Waals surface area contributed by atoms with Gasteiger partial charge >= 0.3 is 142 Å². The summed E-state index contributed by atoms with van der Waals surface area (Å²) in [6.07, 6.45) is 26.9. The fourth-order valence-corrected chi connectivity index (χ4v) is 6.39. The summed E-state index contributed by atoms with van der Waals surface area (Å²) in [5.74, 6) is 0.338. The Bertz CT molecular complexity index is 313. The van der Waals surface area contributed by atoms with E-state index in [9.17, 15) is 4.79 Å². The molecule has 0 atom stereocenters. The van der Waals surface area contributed by atoms with Gasteiger partial charge in [0.2, 0.25) is 0 Å². The molecule has 1 N–H and O–H groups in total. The SMILES string of the molecule is CCCCCCCCCCCCCCCC(=O)N[I-]C1CCCCCC1. The normalized spacial score (nSPS) is 15.9. The zero-order chi connectivity index (χ0) is 18.7. The van der Waals surface area contributed by atoms with Gasteiger partial charge in [-0.1, -0.05) is 32.6 Å². The third-order valence-corrected chi connectivity index (χ3v) is 8.65. The average Bonchev–Trinajstić information content (AvgIpc) is 2.92. The maximum atomic E-state index is 12.0. The molecule has 0 heterocycles. The van der Waals surface area contributed by atoms with E-state index in [0.717, 1.165) is 16.8 Å². The van der Waals surface area contributed by atoms with Crippen LogP contribution in [0.1, 0.15) is 135 Å².